The lowest BCUT2D eigenvalue weighted by Crippen LogP contribution is -2.55. The molecule has 0 aliphatic carbocycles. The molecule has 3 heterocycles. The maximum Gasteiger partial charge on any atom is 0.289 e. The molecule has 2 aliphatic rings. The first kappa shape index (κ1) is 28.7. The zero-order valence-corrected chi connectivity index (χ0v) is 24.7. The number of nitro benzene ring substituents is 1. The maximum atomic E-state index is 13.3. The summed E-state index contributed by atoms with van der Waals surface area (Å²) in [6, 6.07) is 13.7. The van der Waals surface area contributed by atoms with Gasteiger partial charge in [-0.3, -0.25) is 19.8 Å². The Balaban J connectivity index is 1.25. The summed E-state index contributed by atoms with van der Waals surface area (Å²) < 4.78 is 27.9. The van der Waals surface area contributed by atoms with Crippen LogP contribution in [0.3, 0.4) is 0 Å². The van der Waals surface area contributed by atoms with Crippen molar-refractivity contribution in [3.8, 4) is 0 Å². The minimum atomic E-state index is -4.00. The van der Waals surface area contributed by atoms with Gasteiger partial charge in [-0.05, 0) is 60.5 Å². The van der Waals surface area contributed by atoms with Crippen molar-refractivity contribution >= 4 is 44.6 Å². The van der Waals surface area contributed by atoms with E-state index in [1.807, 2.05) is 6.07 Å². The van der Waals surface area contributed by atoms with Crippen molar-refractivity contribution in [1.29, 1.82) is 0 Å². The fourth-order valence-corrected chi connectivity index (χ4v) is 8.44. The monoisotopic (exact) mass is 602 g/mol. The van der Waals surface area contributed by atoms with E-state index in [0.717, 1.165) is 19.0 Å². The summed E-state index contributed by atoms with van der Waals surface area (Å²) in [6.07, 6.45) is 1.30. The second-order valence-electron chi connectivity index (χ2n) is 10.3. The molecule has 2 atom stereocenters. The molecule has 1 fully saturated rings. The van der Waals surface area contributed by atoms with Crippen molar-refractivity contribution in [1.82, 2.24) is 14.1 Å². The predicted octanol–water partition coefficient (Wildman–Crippen LogP) is 4.88. The number of sulfonamides is 1. The number of aryl methyl sites for hydroxylation is 1. The van der Waals surface area contributed by atoms with E-state index in [-0.39, 0.29) is 41.5 Å². The highest BCUT2D eigenvalue weighted by atomic mass is 35.5. The van der Waals surface area contributed by atoms with E-state index in [4.69, 9.17) is 11.6 Å². The molecule has 3 aromatic rings. The highest BCUT2D eigenvalue weighted by Crippen LogP contribution is 2.39. The van der Waals surface area contributed by atoms with Gasteiger partial charge in [0, 0.05) is 56.1 Å². The molecule has 12 heteroatoms. The fourth-order valence-electron chi connectivity index (χ4n) is 5.72. The van der Waals surface area contributed by atoms with Crippen LogP contribution >= 0.6 is 22.9 Å². The molecule has 9 nitrogen and oxygen atoms in total. The quantitative estimate of drug-likeness (QED) is 0.282. The number of nitrogens with zero attached hydrogens (tertiary/aromatic N) is 4. The average molecular weight is 603 g/mol. The van der Waals surface area contributed by atoms with Crippen LogP contribution in [0.15, 0.2) is 58.8 Å². The van der Waals surface area contributed by atoms with Crippen molar-refractivity contribution < 1.29 is 18.1 Å². The first-order valence-electron chi connectivity index (χ1n) is 13.2. The molecule has 2 unspecified atom stereocenters. The molecule has 0 bridgehead atoms. The number of fused-ring (bicyclic) bond motifs is 1. The summed E-state index contributed by atoms with van der Waals surface area (Å²) in [5.74, 6) is -0.00863. The molecule has 0 saturated carbocycles. The Bertz CT molecular complexity index is 1540. The van der Waals surface area contributed by atoms with Crippen molar-refractivity contribution in [2.24, 2.45) is 0 Å². The van der Waals surface area contributed by atoms with Crippen molar-refractivity contribution in [2.75, 3.05) is 32.7 Å². The normalized spacial score (nSPS) is 20.3. The van der Waals surface area contributed by atoms with Crippen LogP contribution in [-0.4, -0.2) is 72.1 Å². The molecule has 1 aromatic heterocycles. The topological polar surface area (TPSA) is 104 Å². The molecular weight excluding hydrogens is 572 g/mol. The second kappa shape index (κ2) is 11.6. The van der Waals surface area contributed by atoms with E-state index < -0.39 is 26.7 Å². The summed E-state index contributed by atoms with van der Waals surface area (Å²) >= 11 is 7.66. The standard InChI is InChI=1S/C28H31ClN4O5S2/c1-19-5-3-4-6-22(19)28-23-11-16-39-26(23)9-12-30(28)13-10-27(34)31-14-15-32(20(2)18-31)40(37,38)21-7-8-24(29)25(17-21)33(35)36/h3-8,11,16-17,20,28H,9-10,12-15,18H2,1-2H3. The molecule has 212 valence electrons. The van der Waals surface area contributed by atoms with Gasteiger partial charge in [-0.25, -0.2) is 8.42 Å². The van der Waals surface area contributed by atoms with Crippen LogP contribution < -0.4 is 0 Å². The zero-order valence-electron chi connectivity index (χ0n) is 22.3. The number of nitro groups is 1. The number of hydrogen-bond acceptors (Lipinski definition) is 7. The molecule has 1 saturated heterocycles. The minimum Gasteiger partial charge on any atom is -0.340 e. The maximum absolute atomic E-state index is 13.3. The summed E-state index contributed by atoms with van der Waals surface area (Å²) in [5.41, 5.74) is 3.33. The molecule has 0 N–H and O–H groups in total. The van der Waals surface area contributed by atoms with Crippen LogP contribution in [-0.2, 0) is 21.2 Å². The molecule has 2 aliphatic heterocycles. The number of hydrogen-bond donors (Lipinski definition) is 0. The first-order chi connectivity index (χ1) is 19.1. The van der Waals surface area contributed by atoms with Gasteiger partial charge in [0.05, 0.1) is 15.9 Å². The number of benzene rings is 2. The Morgan fingerprint density at radius 2 is 1.90 bits per heavy atom. The molecular formula is C28H31ClN4O5S2. The molecule has 40 heavy (non-hydrogen) atoms. The van der Waals surface area contributed by atoms with Gasteiger partial charge in [0.2, 0.25) is 15.9 Å². The Morgan fingerprint density at radius 3 is 2.62 bits per heavy atom. The zero-order chi connectivity index (χ0) is 28.6. The Kier molecular flexibility index (Phi) is 8.30. The van der Waals surface area contributed by atoms with Crippen LogP contribution in [0.2, 0.25) is 5.02 Å². The highest BCUT2D eigenvalue weighted by molar-refractivity contribution is 7.89. The largest absolute Gasteiger partial charge is 0.340 e. The van der Waals surface area contributed by atoms with E-state index in [1.54, 1.807) is 23.2 Å². The fraction of sp³-hybridized carbons (Fsp3) is 0.393. The van der Waals surface area contributed by atoms with Crippen molar-refractivity contribution in [2.45, 2.75) is 43.7 Å². The predicted molar refractivity (Wildman–Crippen MR) is 155 cm³/mol. The van der Waals surface area contributed by atoms with E-state index in [9.17, 15) is 23.3 Å². The van der Waals surface area contributed by atoms with Crippen LogP contribution in [0.4, 0.5) is 5.69 Å². The van der Waals surface area contributed by atoms with Crippen LogP contribution in [0.1, 0.15) is 41.0 Å². The van der Waals surface area contributed by atoms with Gasteiger partial charge in [-0.1, -0.05) is 35.9 Å². The molecule has 2 aromatic carbocycles. The van der Waals surface area contributed by atoms with Gasteiger partial charge < -0.3 is 4.90 Å². The van der Waals surface area contributed by atoms with E-state index in [1.165, 1.54) is 38.0 Å². The van der Waals surface area contributed by atoms with E-state index in [0.29, 0.717) is 13.0 Å². The SMILES string of the molecule is Cc1ccccc1C1c2ccsc2CCN1CCC(=O)N1CCN(S(=O)(=O)c2ccc(Cl)c([N+](=O)[O-])c2)C(C)C1. The van der Waals surface area contributed by atoms with Gasteiger partial charge >= 0.3 is 0 Å². The number of carbonyl (C=O) groups excluding carboxylic acids is 1. The third-order valence-corrected chi connectivity index (χ3v) is 11.1. The third-order valence-electron chi connectivity index (χ3n) is 7.80. The Morgan fingerprint density at radius 1 is 1.12 bits per heavy atom. The van der Waals surface area contributed by atoms with E-state index >= 15 is 0 Å². The van der Waals surface area contributed by atoms with Gasteiger partial charge in [0.25, 0.3) is 5.69 Å². The van der Waals surface area contributed by atoms with Crippen LogP contribution in [0.25, 0.3) is 0 Å². The highest BCUT2D eigenvalue weighted by Gasteiger charge is 2.37. The third kappa shape index (κ3) is 5.53. The van der Waals surface area contributed by atoms with Crippen molar-refractivity contribution in [3.05, 3.63) is 90.6 Å². The average Bonchev–Trinajstić information content (AvgIpc) is 3.40. The Hall–Kier alpha value is -2.83. The molecule has 0 spiro atoms. The number of halogens is 1. The van der Waals surface area contributed by atoms with Crippen molar-refractivity contribution in [3.63, 3.8) is 0 Å². The summed E-state index contributed by atoms with van der Waals surface area (Å²) in [7, 11) is -4.00. The van der Waals surface area contributed by atoms with E-state index in [2.05, 4.69) is 41.5 Å². The smallest absolute Gasteiger partial charge is 0.289 e. The first-order valence-corrected chi connectivity index (χ1v) is 15.9. The lowest BCUT2D eigenvalue weighted by molar-refractivity contribution is -0.384. The van der Waals surface area contributed by atoms with Crippen LogP contribution in [0, 0.1) is 17.0 Å². The lowest BCUT2D eigenvalue weighted by atomic mass is 9.90. The molecule has 1 amide bonds. The summed E-state index contributed by atoms with van der Waals surface area (Å²) in [4.78, 5) is 29.2. The number of thiophene rings is 1. The number of rotatable bonds is 7. The molecule has 0 radical (unpaired) electrons. The van der Waals surface area contributed by atoms with Gasteiger partial charge in [-0.15, -0.1) is 11.3 Å². The van der Waals surface area contributed by atoms with Gasteiger partial charge in [0.1, 0.15) is 5.02 Å². The number of carbonyl (C=O) groups is 1. The number of amides is 1. The minimum absolute atomic E-state index is 0.00863. The lowest BCUT2D eigenvalue weighted by Gasteiger charge is -2.40. The second-order valence-corrected chi connectivity index (χ2v) is 13.6. The number of piperazine rings is 1. The van der Waals surface area contributed by atoms with Gasteiger partial charge in [-0.2, -0.15) is 4.31 Å². The van der Waals surface area contributed by atoms with Gasteiger partial charge in [0.15, 0.2) is 0 Å². The summed E-state index contributed by atoms with van der Waals surface area (Å²) in [6.45, 7) is 5.97. The Labute approximate surface area is 243 Å². The van der Waals surface area contributed by atoms with Crippen LogP contribution in [0.5, 0.6) is 0 Å². The summed E-state index contributed by atoms with van der Waals surface area (Å²) in [5, 5.41) is 13.3. The molecule has 5 rings (SSSR count).